The lowest BCUT2D eigenvalue weighted by atomic mass is 9.89. The van der Waals surface area contributed by atoms with Gasteiger partial charge in [0.1, 0.15) is 11.5 Å². The third kappa shape index (κ3) is 4.48. The quantitative estimate of drug-likeness (QED) is 0.683. The van der Waals surface area contributed by atoms with Gasteiger partial charge in [-0.25, -0.2) is 0 Å². The SMILES string of the molecule is O=C(C=C1c2ccccc2OCCC1C(F)(F)F)Nc1ccc2c(c1)NC(=O)CS2=O. The Bertz CT molecular complexity index is 1110. The van der Waals surface area contributed by atoms with Crippen molar-refractivity contribution in [3.8, 4) is 5.75 Å². The highest BCUT2D eigenvalue weighted by Crippen LogP contribution is 2.44. The van der Waals surface area contributed by atoms with Crippen LogP contribution in [0.1, 0.15) is 12.0 Å². The Balaban J connectivity index is 1.66. The average Bonchev–Trinajstić information content (AvgIpc) is 2.87. The summed E-state index contributed by atoms with van der Waals surface area (Å²) in [4.78, 5) is 24.6. The molecule has 0 aliphatic carbocycles. The number of carbonyl (C=O) groups excluding carboxylic acids is 2. The van der Waals surface area contributed by atoms with Gasteiger partial charge in [0, 0.05) is 17.3 Å². The van der Waals surface area contributed by atoms with E-state index in [2.05, 4.69) is 10.6 Å². The van der Waals surface area contributed by atoms with Crippen molar-refractivity contribution >= 4 is 39.6 Å². The van der Waals surface area contributed by atoms with Gasteiger partial charge in [-0.2, -0.15) is 13.2 Å². The van der Waals surface area contributed by atoms with Crippen LogP contribution in [0.25, 0.3) is 5.57 Å². The third-order valence-corrected chi connectivity index (χ3v) is 6.32. The van der Waals surface area contributed by atoms with Crippen LogP contribution in [0.15, 0.2) is 53.4 Å². The molecule has 6 nitrogen and oxygen atoms in total. The summed E-state index contributed by atoms with van der Waals surface area (Å²) in [5.41, 5.74) is 0.582. The second-order valence-corrected chi connectivity index (χ2v) is 8.48. The molecule has 0 saturated carbocycles. The third-order valence-electron chi connectivity index (χ3n) is 4.95. The number of nitrogens with one attached hydrogen (secondary N) is 2. The van der Waals surface area contributed by atoms with E-state index in [4.69, 9.17) is 4.74 Å². The molecule has 4 rings (SSSR count). The summed E-state index contributed by atoms with van der Waals surface area (Å²) in [6, 6.07) is 10.7. The van der Waals surface area contributed by atoms with Crippen LogP contribution >= 0.6 is 0 Å². The summed E-state index contributed by atoms with van der Waals surface area (Å²) in [6.07, 6.45) is -3.93. The fourth-order valence-corrected chi connectivity index (χ4v) is 4.63. The van der Waals surface area contributed by atoms with Gasteiger partial charge in [0.25, 0.3) is 0 Å². The van der Waals surface area contributed by atoms with Gasteiger partial charge in [-0.3, -0.25) is 13.8 Å². The first-order valence-corrected chi connectivity index (χ1v) is 10.7. The summed E-state index contributed by atoms with van der Waals surface area (Å²) in [5, 5.41) is 5.09. The number of allylic oxidation sites excluding steroid dienone is 1. The Labute approximate surface area is 177 Å². The van der Waals surface area contributed by atoms with Crippen LogP contribution in [0, 0.1) is 5.92 Å². The van der Waals surface area contributed by atoms with E-state index in [9.17, 15) is 27.0 Å². The lowest BCUT2D eigenvalue weighted by Crippen LogP contribution is -2.26. The Hall–Kier alpha value is -3.14. The number of rotatable bonds is 2. The summed E-state index contributed by atoms with van der Waals surface area (Å²) < 4.78 is 58.6. The fourth-order valence-electron chi connectivity index (χ4n) is 3.59. The number of halogens is 3. The van der Waals surface area contributed by atoms with Crippen molar-refractivity contribution in [2.45, 2.75) is 17.5 Å². The Morgan fingerprint density at radius 3 is 2.77 bits per heavy atom. The van der Waals surface area contributed by atoms with Crippen molar-refractivity contribution in [3.05, 3.63) is 54.1 Å². The number of hydrogen-bond donors (Lipinski definition) is 2. The van der Waals surface area contributed by atoms with E-state index in [0.29, 0.717) is 10.6 Å². The molecule has 0 bridgehead atoms. The van der Waals surface area contributed by atoms with E-state index >= 15 is 0 Å². The molecular weight excluding hydrogens is 433 g/mol. The molecule has 2 N–H and O–H groups in total. The molecule has 0 spiro atoms. The zero-order valence-corrected chi connectivity index (χ0v) is 16.8. The van der Waals surface area contributed by atoms with E-state index in [1.165, 1.54) is 24.3 Å². The van der Waals surface area contributed by atoms with Gasteiger partial charge in [0.2, 0.25) is 11.8 Å². The molecule has 2 unspecified atom stereocenters. The number of hydrogen-bond acceptors (Lipinski definition) is 4. The first-order chi connectivity index (χ1) is 14.7. The summed E-state index contributed by atoms with van der Waals surface area (Å²) >= 11 is 0. The number of para-hydroxylation sites is 1. The van der Waals surface area contributed by atoms with Gasteiger partial charge in [0.15, 0.2) is 0 Å². The number of amides is 2. The van der Waals surface area contributed by atoms with E-state index < -0.39 is 34.7 Å². The van der Waals surface area contributed by atoms with Crippen LogP contribution in [0.2, 0.25) is 0 Å². The van der Waals surface area contributed by atoms with Crippen LogP contribution in [-0.2, 0) is 20.4 Å². The van der Waals surface area contributed by atoms with Crippen molar-refractivity contribution < 1.29 is 31.7 Å². The van der Waals surface area contributed by atoms with Crippen molar-refractivity contribution in [1.82, 2.24) is 0 Å². The normalized spacial score (nSPS) is 21.9. The topological polar surface area (TPSA) is 84.5 Å². The molecule has 162 valence electrons. The number of ether oxygens (including phenoxy) is 1. The molecule has 0 aromatic heterocycles. The Morgan fingerprint density at radius 2 is 2.00 bits per heavy atom. The number of benzene rings is 2. The number of carbonyl (C=O) groups is 2. The lowest BCUT2D eigenvalue weighted by Gasteiger charge is -2.21. The second kappa shape index (κ2) is 8.18. The smallest absolute Gasteiger partial charge is 0.395 e. The van der Waals surface area contributed by atoms with Crippen LogP contribution in [0.5, 0.6) is 5.75 Å². The fraction of sp³-hybridized carbons (Fsp3) is 0.238. The van der Waals surface area contributed by atoms with Crippen LogP contribution in [-0.4, -0.2) is 34.6 Å². The molecule has 31 heavy (non-hydrogen) atoms. The second-order valence-electron chi connectivity index (χ2n) is 7.07. The number of alkyl halides is 3. The molecule has 2 amide bonds. The Morgan fingerprint density at radius 1 is 1.23 bits per heavy atom. The van der Waals surface area contributed by atoms with E-state index in [-0.39, 0.29) is 41.4 Å². The maximum absolute atomic E-state index is 13.7. The average molecular weight is 450 g/mol. The first kappa shape index (κ1) is 21.1. The van der Waals surface area contributed by atoms with Gasteiger partial charge in [-0.1, -0.05) is 18.2 Å². The standard InChI is InChI=1S/C21H17F3N2O4S/c22-21(23,24)15-7-8-30-17-4-2-1-3-13(17)14(15)10-19(27)25-12-5-6-18-16(9-12)26-20(28)11-31(18)29/h1-6,9-10,15H,7-8,11H2,(H,25,27)(H,26,28). The monoisotopic (exact) mass is 450 g/mol. The molecule has 0 saturated heterocycles. The zero-order chi connectivity index (χ0) is 22.2. The van der Waals surface area contributed by atoms with Gasteiger partial charge in [0.05, 0.1) is 33.9 Å². The van der Waals surface area contributed by atoms with Gasteiger partial charge < -0.3 is 15.4 Å². The highest BCUT2D eigenvalue weighted by Gasteiger charge is 2.44. The largest absolute Gasteiger partial charge is 0.493 e. The molecule has 10 heteroatoms. The predicted octanol–water partition coefficient (Wildman–Crippen LogP) is 3.73. The molecule has 2 aromatic carbocycles. The summed E-state index contributed by atoms with van der Waals surface area (Å²) in [7, 11) is -1.49. The number of fused-ring (bicyclic) bond motifs is 2. The van der Waals surface area contributed by atoms with Gasteiger partial charge >= 0.3 is 6.18 Å². The molecule has 2 aliphatic rings. The maximum atomic E-state index is 13.7. The van der Waals surface area contributed by atoms with E-state index in [0.717, 1.165) is 6.08 Å². The molecule has 2 aliphatic heterocycles. The van der Waals surface area contributed by atoms with Crippen molar-refractivity contribution in [3.63, 3.8) is 0 Å². The zero-order valence-electron chi connectivity index (χ0n) is 16.0. The summed E-state index contributed by atoms with van der Waals surface area (Å²) in [5.74, 6) is -2.89. The van der Waals surface area contributed by atoms with Gasteiger partial charge in [-0.05, 0) is 36.3 Å². The first-order valence-electron chi connectivity index (χ1n) is 9.36. The van der Waals surface area contributed by atoms with Crippen molar-refractivity contribution in [2.24, 2.45) is 5.92 Å². The highest BCUT2D eigenvalue weighted by molar-refractivity contribution is 7.86. The minimum atomic E-state index is -4.55. The Kier molecular flexibility index (Phi) is 5.57. The molecule has 0 radical (unpaired) electrons. The molecular formula is C21H17F3N2O4S. The van der Waals surface area contributed by atoms with Crippen molar-refractivity contribution in [2.75, 3.05) is 23.0 Å². The minimum absolute atomic E-state index is 0.123. The minimum Gasteiger partial charge on any atom is -0.493 e. The van der Waals surface area contributed by atoms with E-state index in [1.807, 2.05) is 0 Å². The van der Waals surface area contributed by atoms with Crippen LogP contribution in [0.3, 0.4) is 0 Å². The van der Waals surface area contributed by atoms with Crippen LogP contribution in [0.4, 0.5) is 24.5 Å². The number of anilines is 2. The van der Waals surface area contributed by atoms with E-state index in [1.54, 1.807) is 18.2 Å². The predicted molar refractivity (Wildman–Crippen MR) is 109 cm³/mol. The highest BCUT2D eigenvalue weighted by atomic mass is 32.2. The molecule has 2 heterocycles. The maximum Gasteiger partial charge on any atom is 0.395 e. The van der Waals surface area contributed by atoms with Crippen molar-refractivity contribution in [1.29, 1.82) is 0 Å². The summed E-state index contributed by atoms with van der Waals surface area (Å²) in [6.45, 7) is -0.123. The van der Waals surface area contributed by atoms with Gasteiger partial charge in [-0.15, -0.1) is 0 Å². The molecule has 2 aromatic rings. The molecule has 2 atom stereocenters. The molecule has 0 fully saturated rings. The lowest BCUT2D eigenvalue weighted by molar-refractivity contribution is -0.160. The van der Waals surface area contributed by atoms with Crippen LogP contribution < -0.4 is 15.4 Å².